The molecule has 1 rings (SSSR count). The number of carbonyl (C=O) groups excluding carboxylic acids is 1. The van der Waals surface area contributed by atoms with Gasteiger partial charge in [-0.3, -0.25) is 4.79 Å². The molecule has 0 saturated heterocycles. The van der Waals surface area contributed by atoms with Crippen molar-refractivity contribution in [2.24, 2.45) is 5.92 Å². The van der Waals surface area contributed by atoms with Crippen molar-refractivity contribution in [2.75, 3.05) is 11.9 Å². The summed E-state index contributed by atoms with van der Waals surface area (Å²) in [5, 5.41) is 13.1. The molecule has 1 unspecified atom stereocenters. The zero-order valence-electron chi connectivity index (χ0n) is 9.95. The summed E-state index contributed by atoms with van der Waals surface area (Å²) < 4.78 is 0. The fourth-order valence-electron chi connectivity index (χ4n) is 1.48. The molecule has 1 amide bonds. The topological polar surface area (TPSA) is 49.3 Å². The van der Waals surface area contributed by atoms with E-state index in [2.05, 4.69) is 28.2 Å². The molecule has 1 atom stereocenters. The molecule has 94 valence electrons. The number of benzene rings is 1. The molecule has 0 aliphatic heterocycles. The normalized spacial score (nSPS) is 12.1. The zero-order chi connectivity index (χ0) is 12.7. The number of aromatic hydroxyl groups is 1. The van der Waals surface area contributed by atoms with Crippen LogP contribution in [-0.2, 0) is 0 Å². The third kappa shape index (κ3) is 5.22. The highest BCUT2D eigenvalue weighted by atomic mass is 79.9. The Kier molecular flexibility index (Phi) is 6.05. The van der Waals surface area contributed by atoms with Crippen LogP contribution in [0, 0.1) is 5.92 Å². The lowest BCUT2D eigenvalue weighted by atomic mass is 10.1. The van der Waals surface area contributed by atoms with Gasteiger partial charge in [0.2, 0.25) is 0 Å². The number of amides is 1. The summed E-state index contributed by atoms with van der Waals surface area (Å²) in [6.45, 7) is 2.84. The van der Waals surface area contributed by atoms with Crippen LogP contribution in [0.15, 0.2) is 24.3 Å². The quantitative estimate of drug-likeness (QED) is 0.627. The van der Waals surface area contributed by atoms with Gasteiger partial charge >= 0.3 is 0 Å². The summed E-state index contributed by atoms with van der Waals surface area (Å²) in [6.07, 6.45) is 2.06. The molecule has 17 heavy (non-hydrogen) atoms. The highest BCUT2D eigenvalue weighted by Crippen LogP contribution is 2.11. The Labute approximate surface area is 110 Å². The molecule has 0 spiro atoms. The van der Waals surface area contributed by atoms with Crippen LogP contribution < -0.4 is 5.32 Å². The zero-order valence-corrected chi connectivity index (χ0v) is 11.5. The molecule has 0 aliphatic carbocycles. The van der Waals surface area contributed by atoms with Gasteiger partial charge in [-0.1, -0.05) is 28.9 Å². The van der Waals surface area contributed by atoms with Gasteiger partial charge in [-0.25, -0.2) is 0 Å². The van der Waals surface area contributed by atoms with E-state index in [0.29, 0.717) is 18.0 Å². The summed E-state index contributed by atoms with van der Waals surface area (Å²) in [5.41, 5.74) is 0.499. The van der Waals surface area contributed by atoms with Crippen molar-refractivity contribution in [1.29, 1.82) is 0 Å². The molecule has 0 radical (unpaired) electrons. The Morgan fingerprint density at radius 2 is 2.29 bits per heavy atom. The van der Waals surface area contributed by atoms with E-state index < -0.39 is 0 Å². The third-order valence-electron chi connectivity index (χ3n) is 2.53. The first kappa shape index (κ1) is 14.0. The highest BCUT2D eigenvalue weighted by Gasteiger charge is 2.05. The van der Waals surface area contributed by atoms with Crippen LogP contribution in [0.3, 0.4) is 0 Å². The number of halogens is 1. The standard InChI is InChI=1S/C13H18BrNO2/c1-10(9-14)4-3-7-15-13(17)11-5-2-6-12(16)8-11/h2,5-6,8,10,16H,3-4,7,9H2,1H3,(H,15,17). The van der Waals surface area contributed by atoms with Crippen LogP contribution >= 0.6 is 15.9 Å². The van der Waals surface area contributed by atoms with Crippen LogP contribution in [0.1, 0.15) is 30.1 Å². The Morgan fingerprint density at radius 1 is 1.53 bits per heavy atom. The van der Waals surface area contributed by atoms with Crippen molar-refractivity contribution in [3.8, 4) is 5.75 Å². The maximum Gasteiger partial charge on any atom is 0.251 e. The lowest BCUT2D eigenvalue weighted by Crippen LogP contribution is -2.24. The lowest BCUT2D eigenvalue weighted by Gasteiger charge is -2.08. The van der Waals surface area contributed by atoms with Crippen molar-refractivity contribution in [3.05, 3.63) is 29.8 Å². The molecule has 2 N–H and O–H groups in total. The molecule has 0 bridgehead atoms. The van der Waals surface area contributed by atoms with E-state index >= 15 is 0 Å². The fourth-order valence-corrected chi connectivity index (χ4v) is 1.80. The van der Waals surface area contributed by atoms with Crippen LogP contribution in [0.25, 0.3) is 0 Å². The number of nitrogens with one attached hydrogen (secondary N) is 1. The second-order valence-electron chi connectivity index (χ2n) is 4.21. The average Bonchev–Trinajstić information content (AvgIpc) is 2.34. The summed E-state index contributed by atoms with van der Waals surface area (Å²) in [7, 11) is 0. The van der Waals surface area contributed by atoms with Crippen LogP contribution in [0.4, 0.5) is 0 Å². The summed E-state index contributed by atoms with van der Waals surface area (Å²) >= 11 is 3.43. The molecule has 0 aromatic heterocycles. The van der Waals surface area contributed by atoms with Crippen LogP contribution in [0.2, 0.25) is 0 Å². The number of hydrogen-bond acceptors (Lipinski definition) is 2. The largest absolute Gasteiger partial charge is 0.508 e. The van der Waals surface area contributed by atoms with Crippen LogP contribution in [-0.4, -0.2) is 22.9 Å². The fraction of sp³-hybridized carbons (Fsp3) is 0.462. The maximum absolute atomic E-state index is 11.7. The van der Waals surface area contributed by atoms with Crippen molar-refractivity contribution >= 4 is 21.8 Å². The molecule has 0 aliphatic rings. The van der Waals surface area contributed by atoms with E-state index in [1.54, 1.807) is 18.2 Å². The van der Waals surface area contributed by atoms with Gasteiger partial charge in [0, 0.05) is 17.4 Å². The smallest absolute Gasteiger partial charge is 0.251 e. The molecule has 1 aromatic carbocycles. The van der Waals surface area contributed by atoms with Gasteiger partial charge in [0.1, 0.15) is 5.75 Å². The Bertz CT molecular complexity index is 368. The molecule has 3 nitrogen and oxygen atoms in total. The summed E-state index contributed by atoms with van der Waals surface area (Å²) in [6, 6.07) is 6.37. The number of rotatable bonds is 6. The van der Waals surface area contributed by atoms with Gasteiger partial charge in [0.05, 0.1) is 0 Å². The van der Waals surface area contributed by atoms with E-state index in [1.807, 2.05) is 0 Å². The SMILES string of the molecule is CC(CBr)CCCNC(=O)c1cccc(O)c1. The van der Waals surface area contributed by atoms with Crippen molar-refractivity contribution in [3.63, 3.8) is 0 Å². The van der Waals surface area contributed by atoms with E-state index in [-0.39, 0.29) is 11.7 Å². The molecular weight excluding hydrogens is 282 g/mol. The predicted molar refractivity (Wildman–Crippen MR) is 72.6 cm³/mol. The van der Waals surface area contributed by atoms with E-state index in [9.17, 15) is 9.90 Å². The first-order valence-electron chi connectivity index (χ1n) is 5.76. The molecule has 4 heteroatoms. The lowest BCUT2D eigenvalue weighted by molar-refractivity contribution is 0.0952. The molecular formula is C13H18BrNO2. The van der Waals surface area contributed by atoms with Gasteiger partial charge in [-0.2, -0.15) is 0 Å². The monoisotopic (exact) mass is 299 g/mol. The number of alkyl halides is 1. The second kappa shape index (κ2) is 7.33. The first-order valence-corrected chi connectivity index (χ1v) is 6.89. The van der Waals surface area contributed by atoms with E-state index in [0.717, 1.165) is 18.2 Å². The minimum atomic E-state index is -0.132. The molecule has 0 fully saturated rings. The Morgan fingerprint density at radius 3 is 2.94 bits per heavy atom. The predicted octanol–water partition coefficient (Wildman–Crippen LogP) is 2.93. The van der Waals surface area contributed by atoms with Crippen LogP contribution in [0.5, 0.6) is 5.75 Å². The van der Waals surface area contributed by atoms with Gasteiger partial charge < -0.3 is 10.4 Å². The van der Waals surface area contributed by atoms with E-state index in [4.69, 9.17) is 0 Å². The van der Waals surface area contributed by atoms with Gasteiger partial charge in [0.15, 0.2) is 0 Å². The molecule has 1 aromatic rings. The highest BCUT2D eigenvalue weighted by molar-refractivity contribution is 9.09. The van der Waals surface area contributed by atoms with Gasteiger partial charge in [0.25, 0.3) is 5.91 Å². The Balaban J connectivity index is 2.30. The molecule has 0 saturated carbocycles. The molecule has 0 heterocycles. The second-order valence-corrected chi connectivity index (χ2v) is 4.86. The number of carbonyl (C=O) groups is 1. The third-order valence-corrected chi connectivity index (χ3v) is 3.64. The summed E-state index contributed by atoms with van der Waals surface area (Å²) in [5.74, 6) is 0.616. The minimum Gasteiger partial charge on any atom is -0.508 e. The first-order chi connectivity index (χ1) is 8.13. The maximum atomic E-state index is 11.7. The van der Waals surface area contributed by atoms with Crippen molar-refractivity contribution < 1.29 is 9.90 Å². The van der Waals surface area contributed by atoms with E-state index in [1.165, 1.54) is 6.07 Å². The number of hydrogen-bond donors (Lipinski definition) is 2. The number of phenols is 1. The van der Waals surface area contributed by atoms with Gasteiger partial charge in [-0.05, 0) is 37.0 Å². The number of phenolic OH excluding ortho intramolecular Hbond substituents is 1. The summed E-state index contributed by atoms with van der Waals surface area (Å²) in [4.78, 5) is 11.7. The minimum absolute atomic E-state index is 0.116. The van der Waals surface area contributed by atoms with Crippen molar-refractivity contribution in [1.82, 2.24) is 5.32 Å². The van der Waals surface area contributed by atoms with Crippen molar-refractivity contribution in [2.45, 2.75) is 19.8 Å². The van der Waals surface area contributed by atoms with Gasteiger partial charge in [-0.15, -0.1) is 0 Å². The average molecular weight is 300 g/mol. The Hall–Kier alpha value is -1.03.